The zero-order chi connectivity index (χ0) is 12.3. The normalized spacial score (nSPS) is 22.5. The van der Waals surface area contributed by atoms with Crippen molar-refractivity contribution in [2.45, 2.75) is 44.4 Å². The quantitative estimate of drug-likeness (QED) is 0.864. The summed E-state index contributed by atoms with van der Waals surface area (Å²) >= 11 is 1.73. The van der Waals surface area contributed by atoms with Gasteiger partial charge in [-0.2, -0.15) is 11.3 Å². The molecule has 0 spiro atoms. The van der Waals surface area contributed by atoms with E-state index in [1.165, 1.54) is 5.56 Å². The molecule has 1 aromatic rings. The van der Waals surface area contributed by atoms with E-state index in [4.69, 9.17) is 5.73 Å². The molecule has 2 rings (SSSR count). The average molecular weight is 254 g/mol. The standard InChI is InChI=1S/C13H22N2OS/c1-2-12(14)13(10-5-8-17-9-10)15-6-3-11(16)4-7-15/h5,8-9,11-13,16H,2-4,6-7,14H2,1H3. The van der Waals surface area contributed by atoms with Crippen LogP contribution in [-0.2, 0) is 0 Å². The minimum atomic E-state index is -0.118. The summed E-state index contributed by atoms with van der Waals surface area (Å²) in [4.78, 5) is 2.43. The number of rotatable bonds is 4. The number of aliphatic hydroxyl groups is 1. The monoisotopic (exact) mass is 254 g/mol. The highest BCUT2D eigenvalue weighted by atomic mass is 32.1. The van der Waals surface area contributed by atoms with Crippen molar-refractivity contribution in [3.05, 3.63) is 22.4 Å². The molecule has 96 valence electrons. The summed E-state index contributed by atoms with van der Waals surface area (Å²) in [6, 6.07) is 2.68. The number of hydrogen-bond donors (Lipinski definition) is 2. The van der Waals surface area contributed by atoms with E-state index in [1.54, 1.807) is 11.3 Å². The van der Waals surface area contributed by atoms with Gasteiger partial charge in [0.15, 0.2) is 0 Å². The maximum atomic E-state index is 9.58. The summed E-state index contributed by atoms with van der Waals surface area (Å²) in [5.41, 5.74) is 7.61. The van der Waals surface area contributed by atoms with Gasteiger partial charge in [-0.3, -0.25) is 4.90 Å². The van der Waals surface area contributed by atoms with Crippen LogP contribution >= 0.6 is 11.3 Å². The first-order chi connectivity index (χ1) is 8.22. The summed E-state index contributed by atoms with van der Waals surface area (Å²) in [6.45, 7) is 4.05. The first kappa shape index (κ1) is 13.0. The second kappa shape index (κ2) is 5.96. The van der Waals surface area contributed by atoms with Crippen molar-refractivity contribution in [3.8, 4) is 0 Å². The maximum Gasteiger partial charge on any atom is 0.0564 e. The fraction of sp³-hybridized carbons (Fsp3) is 0.692. The van der Waals surface area contributed by atoms with Crippen molar-refractivity contribution in [2.24, 2.45) is 5.73 Å². The van der Waals surface area contributed by atoms with E-state index in [2.05, 4.69) is 28.7 Å². The van der Waals surface area contributed by atoms with Gasteiger partial charge in [-0.25, -0.2) is 0 Å². The Morgan fingerprint density at radius 3 is 2.76 bits per heavy atom. The molecule has 1 aromatic heterocycles. The SMILES string of the molecule is CCC(N)C(c1ccsc1)N1CCC(O)CC1. The van der Waals surface area contributed by atoms with Gasteiger partial charge >= 0.3 is 0 Å². The van der Waals surface area contributed by atoms with Crippen LogP contribution in [0.25, 0.3) is 0 Å². The molecule has 1 fully saturated rings. The summed E-state index contributed by atoms with van der Waals surface area (Å²) in [5.74, 6) is 0. The largest absolute Gasteiger partial charge is 0.393 e. The van der Waals surface area contributed by atoms with E-state index in [-0.39, 0.29) is 12.1 Å². The molecule has 1 aliphatic heterocycles. The third kappa shape index (κ3) is 3.07. The second-order valence-electron chi connectivity index (χ2n) is 4.84. The van der Waals surface area contributed by atoms with E-state index in [0.717, 1.165) is 32.4 Å². The minimum absolute atomic E-state index is 0.118. The molecule has 3 nitrogen and oxygen atoms in total. The van der Waals surface area contributed by atoms with Gasteiger partial charge in [-0.15, -0.1) is 0 Å². The zero-order valence-electron chi connectivity index (χ0n) is 10.4. The molecule has 17 heavy (non-hydrogen) atoms. The van der Waals surface area contributed by atoms with E-state index in [9.17, 15) is 5.11 Å². The highest BCUT2D eigenvalue weighted by Crippen LogP contribution is 2.29. The van der Waals surface area contributed by atoms with Gasteiger partial charge in [-0.05, 0) is 41.7 Å². The van der Waals surface area contributed by atoms with Gasteiger partial charge in [0.05, 0.1) is 12.1 Å². The van der Waals surface area contributed by atoms with E-state index < -0.39 is 0 Å². The van der Waals surface area contributed by atoms with Gasteiger partial charge < -0.3 is 10.8 Å². The molecule has 1 saturated heterocycles. The second-order valence-corrected chi connectivity index (χ2v) is 5.62. The molecule has 4 heteroatoms. The Balaban J connectivity index is 2.10. The third-order valence-electron chi connectivity index (χ3n) is 3.65. The van der Waals surface area contributed by atoms with Crippen LogP contribution in [0.5, 0.6) is 0 Å². The molecule has 0 amide bonds. The molecule has 0 radical (unpaired) electrons. The van der Waals surface area contributed by atoms with Crippen LogP contribution in [0.15, 0.2) is 16.8 Å². The van der Waals surface area contributed by atoms with Crippen LogP contribution in [0, 0.1) is 0 Å². The fourth-order valence-corrected chi connectivity index (χ4v) is 3.25. The average Bonchev–Trinajstić information content (AvgIpc) is 2.85. The Bertz CT molecular complexity index is 320. The molecule has 0 bridgehead atoms. The number of aliphatic hydroxyl groups excluding tert-OH is 1. The minimum Gasteiger partial charge on any atom is -0.393 e. The van der Waals surface area contributed by atoms with E-state index in [0.29, 0.717) is 6.04 Å². The molecule has 0 aliphatic carbocycles. The van der Waals surface area contributed by atoms with Crippen molar-refractivity contribution < 1.29 is 5.11 Å². The van der Waals surface area contributed by atoms with Gasteiger partial charge in [0.25, 0.3) is 0 Å². The molecule has 3 N–H and O–H groups in total. The molecule has 2 heterocycles. The first-order valence-corrected chi connectivity index (χ1v) is 7.36. The van der Waals surface area contributed by atoms with Crippen LogP contribution in [0.4, 0.5) is 0 Å². The lowest BCUT2D eigenvalue weighted by Gasteiger charge is -2.38. The molecular formula is C13H22N2OS. The van der Waals surface area contributed by atoms with Crippen LogP contribution < -0.4 is 5.73 Å². The van der Waals surface area contributed by atoms with Crippen LogP contribution in [0.3, 0.4) is 0 Å². The van der Waals surface area contributed by atoms with Gasteiger partial charge in [0.2, 0.25) is 0 Å². The molecular weight excluding hydrogens is 232 g/mol. The van der Waals surface area contributed by atoms with Gasteiger partial charge in [0.1, 0.15) is 0 Å². The smallest absolute Gasteiger partial charge is 0.0564 e. The zero-order valence-corrected chi connectivity index (χ0v) is 11.2. The number of piperidine rings is 1. The Labute approximate surface area is 107 Å². The summed E-state index contributed by atoms with van der Waals surface area (Å²) in [6.07, 6.45) is 2.61. The lowest BCUT2D eigenvalue weighted by Crippen LogP contribution is -2.45. The predicted molar refractivity (Wildman–Crippen MR) is 72.1 cm³/mol. The molecule has 1 aliphatic rings. The first-order valence-electron chi connectivity index (χ1n) is 6.42. The summed E-state index contributed by atoms with van der Waals surface area (Å²) in [5, 5.41) is 13.9. The Hall–Kier alpha value is -0.420. The maximum absolute atomic E-state index is 9.58. The van der Waals surface area contributed by atoms with Crippen molar-refractivity contribution >= 4 is 11.3 Å². The topological polar surface area (TPSA) is 49.5 Å². The highest BCUT2D eigenvalue weighted by molar-refractivity contribution is 7.07. The summed E-state index contributed by atoms with van der Waals surface area (Å²) in [7, 11) is 0. The fourth-order valence-electron chi connectivity index (χ4n) is 2.56. The van der Waals surface area contributed by atoms with Gasteiger partial charge in [0, 0.05) is 19.1 Å². The van der Waals surface area contributed by atoms with Crippen molar-refractivity contribution in [1.82, 2.24) is 4.90 Å². The van der Waals surface area contributed by atoms with Crippen LogP contribution in [0.2, 0.25) is 0 Å². The molecule has 0 saturated carbocycles. The Morgan fingerprint density at radius 2 is 2.24 bits per heavy atom. The predicted octanol–water partition coefficient (Wildman–Crippen LogP) is 1.98. The van der Waals surface area contributed by atoms with E-state index >= 15 is 0 Å². The molecule has 0 aromatic carbocycles. The van der Waals surface area contributed by atoms with Crippen LogP contribution in [-0.4, -0.2) is 35.2 Å². The third-order valence-corrected chi connectivity index (χ3v) is 4.36. The summed E-state index contributed by atoms with van der Waals surface area (Å²) < 4.78 is 0. The van der Waals surface area contributed by atoms with E-state index in [1.807, 2.05) is 0 Å². The van der Waals surface area contributed by atoms with Crippen molar-refractivity contribution in [3.63, 3.8) is 0 Å². The van der Waals surface area contributed by atoms with Gasteiger partial charge in [-0.1, -0.05) is 6.92 Å². The van der Waals surface area contributed by atoms with Crippen molar-refractivity contribution in [2.75, 3.05) is 13.1 Å². The number of likely N-dealkylation sites (tertiary alicyclic amines) is 1. The lowest BCUT2D eigenvalue weighted by atomic mass is 9.96. The highest BCUT2D eigenvalue weighted by Gasteiger charge is 2.29. The molecule has 2 unspecified atom stereocenters. The number of nitrogens with zero attached hydrogens (tertiary/aromatic N) is 1. The number of nitrogens with two attached hydrogens (primary N) is 1. The van der Waals surface area contributed by atoms with Crippen molar-refractivity contribution in [1.29, 1.82) is 0 Å². The number of thiophene rings is 1. The lowest BCUT2D eigenvalue weighted by molar-refractivity contribution is 0.0530. The Morgan fingerprint density at radius 1 is 1.53 bits per heavy atom. The number of hydrogen-bond acceptors (Lipinski definition) is 4. The Kier molecular flexibility index (Phi) is 4.56. The van der Waals surface area contributed by atoms with Crippen LogP contribution in [0.1, 0.15) is 37.8 Å². The molecule has 2 atom stereocenters.